The third kappa shape index (κ3) is 5.30. The summed E-state index contributed by atoms with van der Waals surface area (Å²) >= 11 is 0. The predicted molar refractivity (Wildman–Crippen MR) is 83.3 cm³/mol. The number of amides is 2. The first-order chi connectivity index (χ1) is 9.54. The van der Waals surface area contributed by atoms with Crippen molar-refractivity contribution < 1.29 is 4.79 Å². The molecule has 4 N–H and O–H groups in total. The average molecular weight is 276 g/mol. The summed E-state index contributed by atoms with van der Waals surface area (Å²) in [6.45, 7) is 6.69. The molecule has 0 aliphatic heterocycles. The minimum absolute atomic E-state index is 0.107. The maximum absolute atomic E-state index is 11.6. The maximum atomic E-state index is 11.6. The molecule has 2 amide bonds. The molecule has 5 heteroatoms. The zero-order valence-corrected chi connectivity index (χ0v) is 12.5. The number of benzene rings is 1. The van der Waals surface area contributed by atoms with E-state index >= 15 is 0 Å². The van der Waals surface area contributed by atoms with Gasteiger partial charge in [0.25, 0.3) is 0 Å². The van der Waals surface area contributed by atoms with Crippen molar-refractivity contribution in [1.29, 1.82) is 0 Å². The minimum atomic E-state index is -0.311. The molecule has 1 rings (SSSR count). The number of carbonyl (C=O) groups excluding carboxylic acids is 1. The summed E-state index contributed by atoms with van der Waals surface area (Å²) in [5.41, 5.74) is 8.61. The number of nitrogens with two attached hydrogens (primary N) is 1. The number of hydrogen-bond acceptors (Lipinski definition) is 2. The van der Waals surface area contributed by atoms with Crippen LogP contribution in [0.2, 0.25) is 0 Å². The second-order valence-electron chi connectivity index (χ2n) is 4.83. The average Bonchev–Trinajstić information content (AvgIpc) is 2.39. The fourth-order valence-electron chi connectivity index (χ4n) is 1.87. The molecule has 0 bridgehead atoms. The quantitative estimate of drug-likeness (QED) is 0.439. The first kappa shape index (κ1) is 16.0. The van der Waals surface area contributed by atoms with E-state index in [0.29, 0.717) is 6.54 Å². The summed E-state index contributed by atoms with van der Waals surface area (Å²) in [6, 6.07) is 5.58. The lowest BCUT2D eigenvalue weighted by Gasteiger charge is -2.08. The van der Waals surface area contributed by atoms with Crippen LogP contribution in [0, 0.1) is 13.8 Å². The highest BCUT2D eigenvalue weighted by Crippen LogP contribution is 2.22. The van der Waals surface area contributed by atoms with E-state index in [0.717, 1.165) is 36.1 Å². The van der Waals surface area contributed by atoms with Crippen LogP contribution in [-0.2, 0) is 0 Å². The Labute approximate surface area is 120 Å². The predicted octanol–water partition coefficient (Wildman–Crippen LogP) is 2.74. The van der Waals surface area contributed by atoms with E-state index in [1.807, 2.05) is 32.0 Å². The van der Waals surface area contributed by atoms with Crippen molar-refractivity contribution in [3.63, 3.8) is 0 Å². The largest absolute Gasteiger partial charge is 0.369 e. The lowest BCUT2D eigenvalue weighted by Crippen LogP contribution is -2.43. The Morgan fingerprint density at radius 2 is 1.90 bits per heavy atom. The van der Waals surface area contributed by atoms with Gasteiger partial charge in [0.1, 0.15) is 0 Å². The number of nitrogens with zero attached hydrogens (tertiary/aromatic N) is 1. The molecule has 0 radical (unpaired) electrons. The molecule has 0 atom stereocenters. The van der Waals surface area contributed by atoms with Gasteiger partial charge in [-0.15, -0.1) is 0 Å². The number of urea groups is 1. The summed E-state index contributed by atoms with van der Waals surface area (Å²) in [5, 5.41) is 5.29. The molecule has 0 aliphatic carbocycles. The number of para-hydroxylation sites is 1. The van der Waals surface area contributed by atoms with Gasteiger partial charge in [-0.25, -0.2) is 9.79 Å². The number of rotatable bonds is 5. The molecule has 0 heterocycles. The van der Waals surface area contributed by atoms with Gasteiger partial charge in [0.15, 0.2) is 0 Å². The van der Waals surface area contributed by atoms with Gasteiger partial charge in [0.05, 0.1) is 5.69 Å². The number of nitrogens with one attached hydrogen (secondary N) is 2. The fraction of sp³-hybridized carbons (Fsp3) is 0.467. The number of carbonyl (C=O) groups is 1. The molecular formula is C15H24N4O. The van der Waals surface area contributed by atoms with Gasteiger partial charge in [-0.05, 0) is 31.4 Å². The van der Waals surface area contributed by atoms with E-state index < -0.39 is 0 Å². The second-order valence-corrected chi connectivity index (χ2v) is 4.83. The number of aryl methyl sites for hydroxylation is 2. The number of hydrogen-bond donors (Lipinski definition) is 3. The van der Waals surface area contributed by atoms with Crippen LogP contribution in [0.25, 0.3) is 0 Å². The van der Waals surface area contributed by atoms with Gasteiger partial charge >= 0.3 is 6.03 Å². The Hall–Kier alpha value is -2.04. The Balaban J connectivity index is 2.55. The SMILES string of the molecule is CCCCCNC(=O)NC(N)=Nc1c(C)cccc1C. The van der Waals surface area contributed by atoms with Gasteiger partial charge in [-0.1, -0.05) is 38.0 Å². The van der Waals surface area contributed by atoms with Gasteiger partial charge in [-0.3, -0.25) is 5.32 Å². The molecular weight excluding hydrogens is 252 g/mol. The van der Waals surface area contributed by atoms with Crippen molar-refractivity contribution in [2.75, 3.05) is 6.54 Å². The van der Waals surface area contributed by atoms with Crippen molar-refractivity contribution in [3.05, 3.63) is 29.3 Å². The van der Waals surface area contributed by atoms with Crippen LogP contribution in [0.15, 0.2) is 23.2 Å². The van der Waals surface area contributed by atoms with E-state index in [-0.39, 0.29) is 12.0 Å². The molecule has 0 saturated heterocycles. The number of guanidine groups is 1. The second kappa shape index (κ2) is 8.19. The lowest BCUT2D eigenvalue weighted by atomic mass is 10.1. The highest BCUT2D eigenvalue weighted by molar-refractivity contribution is 5.96. The van der Waals surface area contributed by atoms with Gasteiger partial charge in [0, 0.05) is 6.54 Å². The van der Waals surface area contributed by atoms with Crippen LogP contribution >= 0.6 is 0 Å². The van der Waals surface area contributed by atoms with Crippen LogP contribution in [0.1, 0.15) is 37.3 Å². The van der Waals surface area contributed by atoms with Crippen molar-refractivity contribution >= 4 is 17.7 Å². The molecule has 0 saturated carbocycles. The molecule has 0 spiro atoms. The minimum Gasteiger partial charge on any atom is -0.369 e. The summed E-state index contributed by atoms with van der Waals surface area (Å²) < 4.78 is 0. The Kier molecular flexibility index (Phi) is 6.56. The van der Waals surface area contributed by atoms with Crippen LogP contribution in [0.5, 0.6) is 0 Å². The van der Waals surface area contributed by atoms with E-state index in [9.17, 15) is 4.79 Å². The Morgan fingerprint density at radius 3 is 2.50 bits per heavy atom. The normalized spacial score (nSPS) is 11.2. The van der Waals surface area contributed by atoms with Crippen LogP contribution in [0.3, 0.4) is 0 Å². The van der Waals surface area contributed by atoms with Crippen LogP contribution < -0.4 is 16.4 Å². The van der Waals surface area contributed by atoms with Gasteiger partial charge in [-0.2, -0.15) is 0 Å². The van der Waals surface area contributed by atoms with Crippen molar-refractivity contribution in [3.8, 4) is 0 Å². The van der Waals surface area contributed by atoms with Crippen LogP contribution in [-0.4, -0.2) is 18.5 Å². The van der Waals surface area contributed by atoms with E-state index in [2.05, 4.69) is 22.5 Å². The summed E-state index contributed by atoms with van der Waals surface area (Å²) in [5.74, 6) is 0.107. The van der Waals surface area contributed by atoms with Gasteiger partial charge in [0.2, 0.25) is 5.96 Å². The molecule has 1 aromatic carbocycles. The third-order valence-corrected chi connectivity index (χ3v) is 2.98. The fourth-order valence-corrected chi connectivity index (χ4v) is 1.87. The zero-order valence-electron chi connectivity index (χ0n) is 12.5. The summed E-state index contributed by atoms with van der Waals surface area (Å²) in [7, 11) is 0. The summed E-state index contributed by atoms with van der Waals surface area (Å²) in [6.07, 6.45) is 3.20. The first-order valence-corrected chi connectivity index (χ1v) is 6.99. The van der Waals surface area contributed by atoms with E-state index in [1.54, 1.807) is 0 Å². The zero-order chi connectivity index (χ0) is 15.0. The first-order valence-electron chi connectivity index (χ1n) is 6.99. The molecule has 20 heavy (non-hydrogen) atoms. The molecule has 0 unspecified atom stereocenters. The molecule has 1 aromatic rings. The third-order valence-electron chi connectivity index (χ3n) is 2.98. The standard InChI is InChI=1S/C15H24N4O/c1-4-5-6-10-17-15(20)19-14(16)18-13-11(2)8-7-9-12(13)3/h7-9H,4-6,10H2,1-3H3,(H4,16,17,18,19,20). The topological polar surface area (TPSA) is 79.5 Å². The lowest BCUT2D eigenvalue weighted by molar-refractivity contribution is 0.245. The monoisotopic (exact) mass is 276 g/mol. The van der Waals surface area contributed by atoms with E-state index in [4.69, 9.17) is 5.73 Å². The molecule has 0 aromatic heterocycles. The van der Waals surface area contributed by atoms with Crippen molar-refractivity contribution in [2.24, 2.45) is 10.7 Å². The molecule has 5 nitrogen and oxygen atoms in total. The molecule has 0 aliphatic rings. The highest BCUT2D eigenvalue weighted by Gasteiger charge is 2.04. The smallest absolute Gasteiger partial charge is 0.321 e. The number of unbranched alkanes of at least 4 members (excludes halogenated alkanes) is 2. The van der Waals surface area contributed by atoms with Crippen LogP contribution in [0.4, 0.5) is 10.5 Å². The summed E-state index contributed by atoms with van der Waals surface area (Å²) in [4.78, 5) is 15.9. The molecule has 0 fully saturated rings. The van der Waals surface area contributed by atoms with Crippen molar-refractivity contribution in [1.82, 2.24) is 10.6 Å². The Bertz CT molecular complexity index is 463. The Morgan fingerprint density at radius 1 is 1.25 bits per heavy atom. The van der Waals surface area contributed by atoms with Crippen molar-refractivity contribution in [2.45, 2.75) is 40.0 Å². The van der Waals surface area contributed by atoms with E-state index in [1.165, 1.54) is 0 Å². The molecule has 110 valence electrons. The van der Waals surface area contributed by atoms with Gasteiger partial charge < -0.3 is 11.1 Å². The number of aliphatic imine (C=N–C) groups is 1. The maximum Gasteiger partial charge on any atom is 0.321 e. The highest BCUT2D eigenvalue weighted by atomic mass is 16.2.